The summed E-state index contributed by atoms with van der Waals surface area (Å²) < 4.78 is 5.11. The summed E-state index contributed by atoms with van der Waals surface area (Å²) in [6.45, 7) is 2.12. The number of rotatable bonds is 3. The number of hydrogen-bond donors (Lipinski definition) is 2. The second kappa shape index (κ2) is 5.61. The highest BCUT2D eigenvalue weighted by atomic mass is 35.5. The summed E-state index contributed by atoms with van der Waals surface area (Å²) in [5.74, 6) is 1.31. The number of halogens is 1. The first-order chi connectivity index (χ1) is 8.20. The Bertz CT molecular complexity index is 389. The third kappa shape index (κ3) is 3.05. The third-order valence-electron chi connectivity index (χ3n) is 3.31. The molecule has 0 aromatic heterocycles. The van der Waals surface area contributed by atoms with Crippen LogP contribution in [0.3, 0.4) is 0 Å². The van der Waals surface area contributed by atoms with E-state index in [-0.39, 0.29) is 5.75 Å². The molecule has 17 heavy (non-hydrogen) atoms. The lowest BCUT2D eigenvalue weighted by atomic mass is 9.90. The minimum Gasteiger partial charge on any atom is -0.504 e. The molecule has 1 heterocycles. The molecule has 1 aliphatic heterocycles. The normalized spacial score (nSPS) is 17.1. The van der Waals surface area contributed by atoms with E-state index in [1.807, 2.05) is 6.07 Å². The molecule has 94 valence electrons. The van der Waals surface area contributed by atoms with Crippen LogP contribution >= 0.6 is 11.6 Å². The number of methoxy groups -OCH3 is 1. The highest BCUT2D eigenvalue weighted by molar-refractivity contribution is 6.30. The van der Waals surface area contributed by atoms with Gasteiger partial charge in [-0.05, 0) is 49.9 Å². The number of nitrogens with one attached hydrogen (secondary N) is 1. The van der Waals surface area contributed by atoms with Gasteiger partial charge in [-0.2, -0.15) is 0 Å². The molecular weight excluding hydrogens is 238 g/mol. The van der Waals surface area contributed by atoms with Crippen LogP contribution in [-0.2, 0) is 6.42 Å². The largest absolute Gasteiger partial charge is 0.504 e. The maximum atomic E-state index is 10.0. The fraction of sp³-hybridized carbons (Fsp3) is 0.538. The molecule has 0 aliphatic carbocycles. The van der Waals surface area contributed by atoms with Crippen molar-refractivity contribution in [1.82, 2.24) is 5.32 Å². The van der Waals surface area contributed by atoms with Gasteiger partial charge in [0.2, 0.25) is 0 Å². The molecule has 0 bridgehead atoms. The molecule has 0 spiro atoms. The SMILES string of the molecule is COc1cc(Cl)cc(CC2CCNCC2)c1O. The van der Waals surface area contributed by atoms with Crippen molar-refractivity contribution in [2.75, 3.05) is 20.2 Å². The van der Waals surface area contributed by atoms with Crippen LogP contribution in [0.2, 0.25) is 5.02 Å². The second-order valence-corrected chi connectivity index (χ2v) is 4.95. The predicted molar refractivity (Wildman–Crippen MR) is 69.0 cm³/mol. The summed E-state index contributed by atoms with van der Waals surface area (Å²) in [5.41, 5.74) is 0.890. The highest BCUT2D eigenvalue weighted by Gasteiger charge is 2.17. The van der Waals surface area contributed by atoms with Crippen molar-refractivity contribution in [3.05, 3.63) is 22.7 Å². The van der Waals surface area contributed by atoms with Crippen molar-refractivity contribution < 1.29 is 9.84 Å². The number of ether oxygens (including phenoxy) is 1. The van der Waals surface area contributed by atoms with Gasteiger partial charge in [0.05, 0.1) is 7.11 Å². The Hall–Kier alpha value is -0.930. The molecule has 1 saturated heterocycles. The van der Waals surface area contributed by atoms with E-state index in [2.05, 4.69) is 5.32 Å². The van der Waals surface area contributed by atoms with Crippen molar-refractivity contribution in [2.24, 2.45) is 5.92 Å². The van der Waals surface area contributed by atoms with Crippen LogP contribution in [0.1, 0.15) is 18.4 Å². The second-order valence-electron chi connectivity index (χ2n) is 4.51. The maximum absolute atomic E-state index is 10.0. The monoisotopic (exact) mass is 255 g/mol. The molecule has 0 amide bonds. The molecule has 0 radical (unpaired) electrons. The van der Waals surface area contributed by atoms with E-state index in [0.29, 0.717) is 16.7 Å². The van der Waals surface area contributed by atoms with Gasteiger partial charge in [0.25, 0.3) is 0 Å². The Morgan fingerprint density at radius 1 is 1.41 bits per heavy atom. The predicted octanol–water partition coefficient (Wildman–Crippen LogP) is 2.60. The van der Waals surface area contributed by atoms with Gasteiger partial charge in [-0.15, -0.1) is 0 Å². The molecule has 0 saturated carbocycles. The van der Waals surface area contributed by atoms with Crippen LogP contribution in [0.25, 0.3) is 0 Å². The Morgan fingerprint density at radius 3 is 2.76 bits per heavy atom. The summed E-state index contributed by atoms with van der Waals surface area (Å²) in [6, 6.07) is 3.48. The first-order valence-corrected chi connectivity index (χ1v) is 6.34. The van der Waals surface area contributed by atoms with Crippen LogP contribution in [0.4, 0.5) is 0 Å². The van der Waals surface area contributed by atoms with Crippen molar-refractivity contribution in [3.63, 3.8) is 0 Å². The quantitative estimate of drug-likeness (QED) is 0.872. The minimum atomic E-state index is 0.232. The smallest absolute Gasteiger partial charge is 0.162 e. The van der Waals surface area contributed by atoms with Crippen molar-refractivity contribution in [3.8, 4) is 11.5 Å². The minimum absolute atomic E-state index is 0.232. The molecule has 1 aromatic rings. The van der Waals surface area contributed by atoms with Crippen LogP contribution < -0.4 is 10.1 Å². The Labute approximate surface area is 107 Å². The number of aromatic hydroxyl groups is 1. The average molecular weight is 256 g/mol. The van der Waals surface area contributed by atoms with Gasteiger partial charge >= 0.3 is 0 Å². The van der Waals surface area contributed by atoms with Crippen LogP contribution in [0.5, 0.6) is 11.5 Å². The number of phenolic OH excluding ortho intramolecular Hbond substituents is 1. The van der Waals surface area contributed by atoms with Gasteiger partial charge in [0, 0.05) is 11.1 Å². The fourth-order valence-corrected chi connectivity index (χ4v) is 2.57. The van der Waals surface area contributed by atoms with E-state index >= 15 is 0 Å². The lowest BCUT2D eigenvalue weighted by molar-refractivity contribution is 0.352. The first-order valence-electron chi connectivity index (χ1n) is 5.97. The third-order valence-corrected chi connectivity index (χ3v) is 3.52. The lowest BCUT2D eigenvalue weighted by Crippen LogP contribution is -2.28. The molecule has 3 nitrogen and oxygen atoms in total. The molecule has 1 aliphatic rings. The number of phenols is 1. The molecule has 0 unspecified atom stereocenters. The van der Waals surface area contributed by atoms with Crippen molar-refractivity contribution >= 4 is 11.6 Å². The van der Waals surface area contributed by atoms with Gasteiger partial charge in [-0.3, -0.25) is 0 Å². The fourth-order valence-electron chi connectivity index (χ4n) is 2.34. The van der Waals surface area contributed by atoms with Gasteiger partial charge in [0.15, 0.2) is 11.5 Å². The van der Waals surface area contributed by atoms with Crippen molar-refractivity contribution in [1.29, 1.82) is 0 Å². The molecule has 4 heteroatoms. The Balaban J connectivity index is 2.16. The molecule has 1 aromatic carbocycles. The summed E-state index contributed by atoms with van der Waals surface area (Å²) in [6.07, 6.45) is 3.16. The molecule has 2 rings (SSSR count). The summed E-state index contributed by atoms with van der Waals surface area (Å²) in [7, 11) is 1.54. The molecule has 2 N–H and O–H groups in total. The van der Waals surface area contributed by atoms with Crippen LogP contribution in [-0.4, -0.2) is 25.3 Å². The Morgan fingerprint density at radius 2 is 2.12 bits per heavy atom. The highest BCUT2D eigenvalue weighted by Crippen LogP contribution is 2.35. The van der Waals surface area contributed by atoms with E-state index in [4.69, 9.17) is 16.3 Å². The van der Waals surface area contributed by atoms with E-state index < -0.39 is 0 Å². The summed E-state index contributed by atoms with van der Waals surface area (Å²) in [5, 5.41) is 14.0. The zero-order valence-corrected chi connectivity index (χ0v) is 10.8. The average Bonchev–Trinajstić information content (AvgIpc) is 2.34. The summed E-state index contributed by atoms with van der Waals surface area (Å²) in [4.78, 5) is 0. The van der Waals surface area contributed by atoms with Crippen LogP contribution in [0.15, 0.2) is 12.1 Å². The van der Waals surface area contributed by atoms with Gasteiger partial charge in [0.1, 0.15) is 0 Å². The lowest BCUT2D eigenvalue weighted by Gasteiger charge is -2.23. The molecule has 1 fully saturated rings. The number of benzene rings is 1. The molecule has 0 atom stereocenters. The van der Waals surface area contributed by atoms with E-state index in [1.54, 1.807) is 13.2 Å². The van der Waals surface area contributed by atoms with E-state index in [9.17, 15) is 5.11 Å². The van der Waals surface area contributed by atoms with Gasteiger partial charge in [-0.25, -0.2) is 0 Å². The number of hydrogen-bond acceptors (Lipinski definition) is 3. The topological polar surface area (TPSA) is 41.5 Å². The maximum Gasteiger partial charge on any atom is 0.162 e. The van der Waals surface area contributed by atoms with Gasteiger partial charge < -0.3 is 15.2 Å². The standard InChI is InChI=1S/C13H18ClNO2/c1-17-12-8-11(14)7-10(13(12)16)6-9-2-4-15-5-3-9/h7-9,15-16H,2-6H2,1H3. The Kier molecular flexibility index (Phi) is 4.13. The molecular formula is C13H18ClNO2. The first kappa shape index (κ1) is 12.5. The van der Waals surface area contributed by atoms with Crippen LogP contribution in [0, 0.1) is 5.92 Å². The summed E-state index contributed by atoms with van der Waals surface area (Å²) >= 11 is 6.01. The van der Waals surface area contributed by atoms with E-state index in [1.165, 1.54) is 0 Å². The van der Waals surface area contributed by atoms with E-state index in [0.717, 1.165) is 37.9 Å². The van der Waals surface area contributed by atoms with Gasteiger partial charge in [-0.1, -0.05) is 11.6 Å². The van der Waals surface area contributed by atoms with Crippen molar-refractivity contribution in [2.45, 2.75) is 19.3 Å². The zero-order chi connectivity index (χ0) is 12.3. The zero-order valence-electron chi connectivity index (χ0n) is 10.0. The number of piperidine rings is 1.